The van der Waals surface area contributed by atoms with Crippen molar-refractivity contribution >= 4 is 11.6 Å². The van der Waals surface area contributed by atoms with Crippen LogP contribution in [0.5, 0.6) is 0 Å². The number of hydrogen-bond donors (Lipinski definition) is 1. The van der Waals surface area contributed by atoms with Gasteiger partial charge in [-0.2, -0.15) is 0 Å². The van der Waals surface area contributed by atoms with E-state index in [9.17, 15) is 4.79 Å². The van der Waals surface area contributed by atoms with Crippen LogP contribution >= 0.6 is 0 Å². The van der Waals surface area contributed by atoms with Gasteiger partial charge >= 0.3 is 0 Å². The third-order valence-electron chi connectivity index (χ3n) is 4.15. The van der Waals surface area contributed by atoms with Crippen LogP contribution in [0.4, 0.5) is 5.69 Å². The number of rotatable bonds is 4. The first kappa shape index (κ1) is 15.5. The predicted octanol–water partition coefficient (Wildman–Crippen LogP) is 1.76. The maximum Gasteiger partial charge on any atom is 0.253 e. The van der Waals surface area contributed by atoms with E-state index in [2.05, 4.69) is 27.1 Å². The number of amides is 1. The molecule has 1 saturated heterocycles. The summed E-state index contributed by atoms with van der Waals surface area (Å²) in [6, 6.07) is 11.8. The van der Waals surface area contributed by atoms with Crippen LogP contribution < -0.4 is 10.2 Å². The molecule has 1 aromatic carbocycles. The number of aromatic nitrogens is 1. The molecular weight excluding hydrogens is 288 g/mol. The zero-order valence-corrected chi connectivity index (χ0v) is 13.4. The van der Waals surface area contributed by atoms with Crippen LogP contribution in [0.1, 0.15) is 15.9 Å². The smallest absolute Gasteiger partial charge is 0.253 e. The van der Waals surface area contributed by atoms with Crippen molar-refractivity contribution < 1.29 is 4.79 Å². The highest BCUT2D eigenvalue weighted by molar-refractivity contribution is 5.94. The monoisotopic (exact) mass is 310 g/mol. The number of piperazine rings is 1. The fourth-order valence-corrected chi connectivity index (χ4v) is 2.67. The SMILES string of the molecule is CN1CCN(c2cncc(C(=O)NCc3ccccc3)c2)CC1. The fourth-order valence-electron chi connectivity index (χ4n) is 2.67. The standard InChI is InChI=1S/C18H22N4O/c1-21-7-9-22(10-8-21)17-11-16(13-19-14-17)18(23)20-12-15-5-3-2-4-6-15/h2-6,11,13-14H,7-10,12H2,1H3,(H,20,23). The minimum absolute atomic E-state index is 0.0858. The molecule has 0 radical (unpaired) electrons. The lowest BCUT2D eigenvalue weighted by Gasteiger charge is -2.33. The van der Waals surface area contributed by atoms with E-state index in [0.717, 1.165) is 37.4 Å². The fraction of sp³-hybridized carbons (Fsp3) is 0.333. The molecular formula is C18H22N4O. The minimum Gasteiger partial charge on any atom is -0.368 e. The van der Waals surface area contributed by atoms with E-state index in [4.69, 9.17) is 0 Å². The molecule has 120 valence electrons. The number of carbonyl (C=O) groups excluding carboxylic acids is 1. The number of nitrogens with one attached hydrogen (secondary N) is 1. The molecule has 1 aliphatic heterocycles. The summed E-state index contributed by atoms with van der Waals surface area (Å²) < 4.78 is 0. The van der Waals surface area contributed by atoms with Crippen molar-refractivity contribution in [3.8, 4) is 0 Å². The van der Waals surface area contributed by atoms with Gasteiger partial charge < -0.3 is 15.1 Å². The second-order valence-corrected chi connectivity index (χ2v) is 5.89. The van der Waals surface area contributed by atoms with Crippen LogP contribution in [0.3, 0.4) is 0 Å². The molecule has 5 heteroatoms. The van der Waals surface area contributed by atoms with Crippen LogP contribution in [-0.4, -0.2) is 49.0 Å². The second kappa shape index (κ2) is 7.24. The third kappa shape index (κ3) is 4.07. The van der Waals surface area contributed by atoms with Gasteiger partial charge in [-0.05, 0) is 18.7 Å². The van der Waals surface area contributed by atoms with E-state index >= 15 is 0 Å². The van der Waals surface area contributed by atoms with Gasteiger partial charge in [0.05, 0.1) is 17.4 Å². The van der Waals surface area contributed by atoms with Crippen LogP contribution in [0.15, 0.2) is 48.8 Å². The lowest BCUT2D eigenvalue weighted by atomic mass is 10.2. The topological polar surface area (TPSA) is 48.5 Å². The largest absolute Gasteiger partial charge is 0.368 e. The van der Waals surface area contributed by atoms with Crippen molar-refractivity contribution in [2.45, 2.75) is 6.54 Å². The lowest BCUT2D eigenvalue weighted by Crippen LogP contribution is -2.44. The van der Waals surface area contributed by atoms with Gasteiger partial charge in [-0.1, -0.05) is 30.3 Å². The maximum absolute atomic E-state index is 12.3. The Bertz CT molecular complexity index is 651. The molecule has 5 nitrogen and oxygen atoms in total. The van der Waals surface area contributed by atoms with E-state index in [1.54, 1.807) is 6.20 Å². The summed E-state index contributed by atoms with van der Waals surface area (Å²) in [6.45, 7) is 4.52. The Kier molecular flexibility index (Phi) is 4.88. The third-order valence-corrected chi connectivity index (χ3v) is 4.15. The maximum atomic E-state index is 12.3. The molecule has 0 spiro atoms. The zero-order valence-electron chi connectivity index (χ0n) is 13.4. The first-order valence-electron chi connectivity index (χ1n) is 7.93. The predicted molar refractivity (Wildman–Crippen MR) is 91.6 cm³/mol. The molecule has 3 rings (SSSR count). The summed E-state index contributed by atoms with van der Waals surface area (Å²) in [5.74, 6) is -0.0858. The Morgan fingerprint density at radius 3 is 2.61 bits per heavy atom. The molecule has 23 heavy (non-hydrogen) atoms. The van der Waals surface area contributed by atoms with Gasteiger partial charge in [0.15, 0.2) is 0 Å². The molecule has 0 unspecified atom stereocenters. The summed E-state index contributed by atoms with van der Waals surface area (Å²) in [5, 5.41) is 2.95. The van der Waals surface area contributed by atoms with Crippen molar-refractivity contribution in [2.75, 3.05) is 38.1 Å². The molecule has 1 amide bonds. The molecule has 0 atom stereocenters. The molecule has 2 heterocycles. The molecule has 1 aromatic heterocycles. The van der Waals surface area contributed by atoms with Crippen LogP contribution in [0, 0.1) is 0 Å². The van der Waals surface area contributed by atoms with Crippen molar-refractivity contribution in [3.63, 3.8) is 0 Å². The number of carbonyl (C=O) groups is 1. The number of hydrogen-bond acceptors (Lipinski definition) is 4. The minimum atomic E-state index is -0.0858. The van der Waals surface area contributed by atoms with Crippen molar-refractivity contribution in [2.24, 2.45) is 0 Å². The summed E-state index contributed by atoms with van der Waals surface area (Å²) >= 11 is 0. The van der Waals surface area contributed by atoms with Gasteiger partial charge in [-0.15, -0.1) is 0 Å². The van der Waals surface area contributed by atoms with E-state index in [-0.39, 0.29) is 5.91 Å². The molecule has 0 aliphatic carbocycles. The highest BCUT2D eigenvalue weighted by atomic mass is 16.1. The molecule has 0 saturated carbocycles. The Morgan fingerprint density at radius 2 is 1.87 bits per heavy atom. The highest BCUT2D eigenvalue weighted by Gasteiger charge is 2.16. The normalized spacial score (nSPS) is 15.4. The van der Waals surface area contributed by atoms with E-state index in [0.29, 0.717) is 12.1 Å². The lowest BCUT2D eigenvalue weighted by molar-refractivity contribution is 0.0950. The number of nitrogens with zero attached hydrogens (tertiary/aromatic N) is 3. The molecule has 0 bridgehead atoms. The highest BCUT2D eigenvalue weighted by Crippen LogP contribution is 2.16. The molecule has 1 aliphatic rings. The summed E-state index contributed by atoms with van der Waals surface area (Å²) in [6.07, 6.45) is 3.46. The Hall–Kier alpha value is -2.40. The quantitative estimate of drug-likeness (QED) is 0.935. The van der Waals surface area contributed by atoms with E-state index < -0.39 is 0 Å². The summed E-state index contributed by atoms with van der Waals surface area (Å²) in [5.41, 5.74) is 2.71. The second-order valence-electron chi connectivity index (χ2n) is 5.89. The number of anilines is 1. The Morgan fingerprint density at radius 1 is 1.13 bits per heavy atom. The first-order chi connectivity index (χ1) is 11.2. The Labute approximate surface area is 136 Å². The number of likely N-dealkylation sites (N-methyl/N-ethyl adjacent to an activating group) is 1. The summed E-state index contributed by atoms with van der Waals surface area (Å²) in [4.78, 5) is 21.2. The number of pyridine rings is 1. The van der Waals surface area contributed by atoms with E-state index in [1.807, 2.05) is 42.6 Å². The van der Waals surface area contributed by atoms with Crippen LogP contribution in [0.2, 0.25) is 0 Å². The average Bonchev–Trinajstić information content (AvgIpc) is 2.61. The molecule has 1 fully saturated rings. The number of benzene rings is 1. The van der Waals surface area contributed by atoms with Gasteiger partial charge in [0, 0.05) is 38.9 Å². The zero-order chi connectivity index (χ0) is 16.1. The van der Waals surface area contributed by atoms with Crippen molar-refractivity contribution in [1.82, 2.24) is 15.2 Å². The van der Waals surface area contributed by atoms with Crippen molar-refractivity contribution in [1.29, 1.82) is 0 Å². The van der Waals surface area contributed by atoms with Gasteiger partial charge in [0.1, 0.15) is 0 Å². The summed E-state index contributed by atoms with van der Waals surface area (Å²) in [7, 11) is 2.13. The van der Waals surface area contributed by atoms with Gasteiger partial charge in [0.2, 0.25) is 0 Å². The van der Waals surface area contributed by atoms with Crippen LogP contribution in [0.25, 0.3) is 0 Å². The van der Waals surface area contributed by atoms with Crippen molar-refractivity contribution in [3.05, 3.63) is 59.9 Å². The average molecular weight is 310 g/mol. The van der Waals surface area contributed by atoms with Gasteiger partial charge in [0.25, 0.3) is 5.91 Å². The molecule has 1 N–H and O–H groups in total. The van der Waals surface area contributed by atoms with Crippen LogP contribution in [-0.2, 0) is 6.54 Å². The van der Waals surface area contributed by atoms with E-state index in [1.165, 1.54) is 0 Å². The molecule has 2 aromatic rings. The van der Waals surface area contributed by atoms with Gasteiger partial charge in [-0.25, -0.2) is 0 Å². The first-order valence-corrected chi connectivity index (χ1v) is 7.93. The Balaban J connectivity index is 1.63. The van der Waals surface area contributed by atoms with Gasteiger partial charge in [-0.3, -0.25) is 9.78 Å².